The largest absolute Gasteiger partial charge is 0.358 e. The Balaban J connectivity index is 1.90. The number of Topliss-reactive ketones (excluding diaryl/α,β-unsaturated/α-hetero) is 1. The van der Waals surface area contributed by atoms with Crippen molar-refractivity contribution in [1.82, 2.24) is 0 Å². The van der Waals surface area contributed by atoms with Gasteiger partial charge in [0.05, 0.1) is 17.7 Å². The van der Waals surface area contributed by atoms with Crippen LogP contribution in [-0.2, 0) is 11.5 Å². The highest BCUT2D eigenvalue weighted by atomic mass is 19.1. The van der Waals surface area contributed by atoms with Crippen LogP contribution in [0.2, 0.25) is 0 Å². The number of alkyl halides is 1. The van der Waals surface area contributed by atoms with Crippen molar-refractivity contribution >= 4 is 11.5 Å². The predicted molar refractivity (Wildman–Crippen MR) is 94.2 cm³/mol. The molecule has 2 aromatic carbocycles. The van der Waals surface area contributed by atoms with E-state index in [-0.39, 0.29) is 5.78 Å². The molecule has 0 spiro atoms. The lowest BCUT2D eigenvalue weighted by molar-refractivity contribution is -0.115. The third-order valence-electron chi connectivity index (χ3n) is 4.31. The normalized spacial score (nSPS) is 15.2. The second-order valence-corrected chi connectivity index (χ2v) is 5.99. The van der Waals surface area contributed by atoms with Crippen molar-refractivity contribution in [2.24, 2.45) is 5.73 Å². The Hall–Kier alpha value is -2.97. The minimum atomic E-state index is -0.561. The molecule has 0 saturated heterocycles. The van der Waals surface area contributed by atoms with Crippen molar-refractivity contribution in [3.63, 3.8) is 0 Å². The summed E-state index contributed by atoms with van der Waals surface area (Å²) in [6.45, 7) is -0.537. The molecule has 4 nitrogen and oxygen atoms in total. The van der Waals surface area contributed by atoms with Gasteiger partial charge in [0.2, 0.25) is 0 Å². The maximum Gasteiger partial charge on any atom is 0.162 e. The highest BCUT2D eigenvalue weighted by Gasteiger charge is 2.28. The first-order valence-corrected chi connectivity index (χ1v) is 8.06. The van der Waals surface area contributed by atoms with Crippen molar-refractivity contribution in [2.45, 2.75) is 25.6 Å². The van der Waals surface area contributed by atoms with Gasteiger partial charge in [0.25, 0.3) is 0 Å². The van der Waals surface area contributed by atoms with Crippen LogP contribution >= 0.6 is 0 Å². The average Bonchev–Trinajstić information content (AvgIpc) is 3.01. The first-order chi connectivity index (χ1) is 12.1. The summed E-state index contributed by atoms with van der Waals surface area (Å²) in [6.07, 6.45) is 0.989. The molecule has 0 bridgehead atoms. The maximum atomic E-state index is 12.8. The van der Waals surface area contributed by atoms with Gasteiger partial charge in [-0.3, -0.25) is 4.79 Å². The molecule has 5 heteroatoms. The number of allylic oxidation sites excluding steroid dienone is 1. The van der Waals surface area contributed by atoms with Crippen molar-refractivity contribution in [2.75, 3.05) is 5.32 Å². The number of nitrogens with one attached hydrogen (secondary N) is 1. The molecule has 25 heavy (non-hydrogen) atoms. The molecule has 0 radical (unpaired) electrons. The minimum Gasteiger partial charge on any atom is -0.358 e. The number of halogens is 1. The smallest absolute Gasteiger partial charge is 0.162 e. The molecule has 3 rings (SSSR count). The summed E-state index contributed by atoms with van der Waals surface area (Å²) in [7, 11) is 0. The second kappa shape index (κ2) is 7.29. The van der Waals surface area contributed by atoms with Crippen molar-refractivity contribution < 1.29 is 9.18 Å². The van der Waals surface area contributed by atoms with Crippen molar-refractivity contribution in [3.8, 4) is 6.07 Å². The summed E-state index contributed by atoms with van der Waals surface area (Å²) in [5.74, 6) is 0.0148. The summed E-state index contributed by atoms with van der Waals surface area (Å²) >= 11 is 0. The van der Waals surface area contributed by atoms with Gasteiger partial charge in [0, 0.05) is 23.4 Å². The van der Waals surface area contributed by atoms with Gasteiger partial charge >= 0.3 is 0 Å². The van der Waals surface area contributed by atoms with Crippen LogP contribution in [0, 0.1) is 11.3 Å². The van der Waals surface area contributed by atoms with Gasteiger partial charge < -0.3 is 11.1 Å². The Kier molecular flexibility index (Phi) is 4.92. The first kappa shape index (κ1) is 16.9. The van der Waals surface area contributed by atoms with Gasteiger partial charge in [0.15, 0.2) is 5.78 Å². The molecule has 0 aliphatic heterocycles. The van der Waals surface area contributed by atoms with E-state index in [0.29, 0.717) is 29.5 Å². The van der Waals surface area contributed by atoms with Gasteiger partial charge in [-0.05, 0) is 41.8 Å². The van der Waals surface area contributed by atoms with Gasteiger partial charge in [-0.25, -0.2) is 4.39 Å². The topological polar surface area (TPSA) is 78.9 Å². The first-order valence-electron chi connectivity index (χ1n) is 8.06. The number of rotatable bonds is 5. The number of nitriles is 1. The lowest BCUT2D eigenvalue weighted by Gasteiger charge is -2.17. The Morgan fingerprint density at radius 3 is 2.64 bits per heavy atom. The Labute approximate surface area is 145 Å². The number of ketones is 1. The summed E-state index contributed by atoms with van der Waals surface area (Å²) in [6, 6.07) is 15.4. The predicted octanol–water partition coefficient (Wildman–Crippen LogP) is 3.76. The number of carbonyl (C=O) groups excluding carboxylic acids is 1. The fourth-order valence-corrected chi connectivity index (χ4v) is 3.01. The zero-order valence-electron chi connectivity index (χ0n) is 13.6. The molecule has 0 saturated carbocycles. The lowest BCUT2D eigenvalue weighted by Crippen LogP contribution is -2.19. The number of benzene rings is 2. The molecule has 0 amide bonds. The molecule has 1 unspecified atom stereocenters. The molecule has 1 aliphatic carbocycles. The van der Waals surface area contributed by atoms with Crippen LogP contribution in [-0.4, -0.2) is 5.78 Å². The molecule has 1 aliphatic rings. The van der Waals surface area contributed by atoms with Crippen LogP contribution in [0.3, 0.4) is 0 Å². The van der Waals surface area contributed by atoms with Gasteiger partial charge in [0.1, 0.15) is 6.67 Å². The second-order valence-electron chi connectivity index (χ2n) is 5.99. The van der Waals surface area contributed by atoms with E-state index in [2.05, 4.69) is 11.4 Å². The quantitative estimate of drug-likeness (QED) is 0.872. The van der Waals surface area contributed by atoms with Crippen LogP contribution in [0.25, 0.3) is 0 Å². The molecule has 126 valence electrons. The lowest BCUT2D eigenvalue weighted by atomic mass is 9.96. The van der Waals surface area contributed by atoms with E-state index in [0.717, 1.165) is 16.9 Å². The van der Waals surface area contributed by atoms with E-state index < -0.39 is 12.7 Å². The van der Waals surface area contributed by atoms with Crippen molar-refractivity contribution in [3.05, 3.63) is 76.5 Å². The van der Waals surface area contributed by atoms with Gasteiger partial charge in [-0.15, -0.1) is 0 Å². The summed E-state index contributed by atoms with van der Waals surface area (Å²) < 4.78 is 12.8. The number of nitrogens with zero attached hydrogens (tertiary/aromatic N) is 1. The highest BCUT2D eigenvalue weighted by Crippen LogP contribution is 2.32. The Morgan fingerprint density at radius 2 is 1.96 bits per heavy atom. The van der Waals surface area contributed by atoms with E-state index in [1.165, 1.54) is 0 Å². The summed E-state index contributed by atoms with van der Waals surface area (Å²) in [5.41, 5.74) is 10.3. The van der Waals surface area contributed by atoms with E-state index in [4.69, 9.17) is 11.0 Å². The number of hydrogen-bond donors (Lipinski definition) is 2. The van der Waals surface area contributed by atoms with E-state index >= 15 is 0 Å². The zero-order chi connectivity index (χ0) is 17.8. The van der Waals surface area contributed by atoms with Crippen LogP contribution in [0.15, 0.2) is 59.8 Å². The fourth-order valence-electron chi connectivity index (χ4n) is 3.01. The van der Waals surface area contributed by atoms with Crippen molar-refractivity contribution in [1.29, 1.82) is 5.26 Å². The third kappa shape index (κ3) is 3.59. The number of hydrogen-bond acceptors (Lipinski definition) is 4. The molecule has 0 fully saturated rings. The third-order valence-corrected chi connectivity index (χ3v) is 4.31. The Bertz CT molecular complexity index is 865. The number of carbonyl (C=O) groups is 1. The van der Waals surface area contributed by atoms with Crippen LogP contribution in [0.4, 0.5) is 10.1 Å². The molecule has 1 atom stereocenters. The molecule has 3 N–H and O–H groups in total. The van der Waals surface area contributed by atoms with Gasteiger partial charge in [-0.2, -0.15) is 5.26 Å². The molecule has 0 heterocycles. The van der Waals surface area contributed by atoms with E-state index in [1.54, 1.807) is 42.5 Å². The summed E-state index contributed by atoms with van der Waals surface area (Å²) in [5, 5.41) is 12.1. The monoisotopic (exact) mass is 335 g/mol. The number of nitrogens with two attached hydrogens (primary N) is 1. The minimum absolute atomic E-state index is 0.0148. The maximum absolute atomic E-state index is 12.8. The average molecular weight is 335 g/mol. The highest BCUT2D eigenvalue weighted by molar-refractivity contribution is 6.00. The number of anilines is 1. The standard InChI is InChI=1S/C20H18FN3O/c21-11-14-2-1-3-16(10-14)24-17-8-9-18(25)19(17)20(23)15-6-4-13(12-22)5-7-15/h1-7,10,20,24H,8-9,11,23H2. The SMILES string of the molecule is N#Cc1ccc(C(N)C2=C(Nc3cccc(CF)c3)CCC2=O)cc1. The molecule has 0 aromatic heterocycles. The molecule has 2 aromatic rings. The van der Waals surface area contributed by atoms with Gasteiger partial charge in [-0.1, -0.05) is 24.3 Å². The Morgan fingerprint density at radius 1 is 1.20 bits per heavy atom. The molecular formula is C20H18FN3O. The van der Waals surface area contributed by atoms with E-state index in [9.17, 15) is 9.18 Å². The zero-order valence-corrected chi connectivity index (χ0v) is 13.6. The van der Waals surface area contributed by atoms with Crippen LogP contribution in [0.1, 0.15) is 35.6 Å². The van der Waals surface area contributed by atoms with Crippen LogP contribution < -0.4 is 11.1 Å². The molecular weight excluding hydrogens is 317 g/mol. The fraction of sp³-hybridized carbons (Fsp3) is 0.200. The van der Waals surface area contributed by atoms with E-state index in [1.807, 2.05) is 6.07 Å². The van der Waals surface area contributed by atoms with Crippen LogP contribution in [0.5, 0.6) is 0 Å². The summed E-state index contributed by atoms with van der Waals surface area (Å²) in [4.78, 5) is 12.3.